The van der Waals surface area contributed by atoms with Crippen LogP contribution in [0.3, 0.4) is 0 Å². The van der Waals surface area contributed by atoms with Gasteiger partial charge in [0.2, 0.25) is 5.95 Å². The quantitative estimate of drug-likeness (QED) is 0.799. The van der Waals surface area contributed by atoms with Crippen LogP contribution in [0, 0.1) is 11.8 Å². The lowest BCUT2D eigenvalue weighted by Crippen LogP contribution is -2.45. The highest BCUT2D eigenvalue weighted by Gasteiger charge is 2.26. The van der Waals surface area contributed by atoms with Gasteiger partial charge in [-0.3, -0.25) is 9.59 Å². The normalized spacial score (nSPS) is 11.1. The zero-order chi connectivity index (χ0) is 13.9. The number of carboxylic acid groups (broad SMARTS) is 1. The lowest BCUT2D eigenvalue weighted by atomic mass is 10.00. The smallest absolute Gasteiger partial charge is 0.305 e. The molecule has 18 heavy (non-hydrogen) atoms. The summed E-state index contributed by atoms with van der Waals surface area (Å²) >= 11 is 0. The minimum Gasteiger partial charge on any atom is -0.481 e. The standard InChI is InChI=1S/C11H12F2N2O3/c1-11(2,5-7(16)17)15-10(18)6-3-4-14-9(13)8(6)12/h3-4H,5H2,1-2H3,(H,15,18)(H,16,17). The van der Waals surface area contributed by atoms with Crippen LogP contribution < -0.4 is 5.32 Å². The van der Waals surface area contributed by atoms with Gasteiger partial charge in [0.15, 0.2) is 5.82 Å². The third-order valence-electron chi connectivity index (χ3n) is 2.14. The third kappa shape index (κ3) is 3.47. The summed E-state index contributed by atoms with van der Waals surface area (Å²) in [5, 5.41) is 11.0. The molecule has 0 atom stereocenters. The van der Waals surface area contributed by atoms with Crippen molar-refractivity contribution in [1.29, 1.82) is 0 Å². The first-order chi connectivity index (χ1) is 8.23. The number of aliphatic carboxylic acids is 1. The highest BCUT2D eigenvalue weighted by atomic mass is 19.2. The van der Waals surface area contributed by atoms with E-state index >= 15 is 0 Å². The van der Waals surface area contributed by atoms with E-state index < -0.39 is 34.7 Å². The van der Waals surface area contributed by atoms with E-state index in [9.17, 15) is 18.4 Å². The minimum absolute atomic E-state index is 0.339. The fraction of sp³-hybridized carbons (Fsp3) is 0.364. The third-order valence-corrected chi connectivity index (χ3v) is 2.14. The zero-order valence-electron chi connectivity index (χ0n) is 9.83. The molecule has 0 saturated heterocycles. The minimum atomic E-state index is -1.38. The van der Waals surface area contributed by atoms with Crippen LogP contribution in [0.5, 0.6) is 0 Å². The van der Waals surface area contributed by atoms with Gasteiger partial charge in [0.25, 0.3) is 5.91 Å². The van der Waals surface area contributed by atoms with Crippen LogP contribution in [0.25, 0.3) is 0 Å². The van der Waals surface area contributed by atoms with Gasteiger partial charge in [-0.2, -0.15) is 4.39 Å². The van der Waals surface area contributed by atoms with Gasteiger partial charge in [0.05, 0.1) is 12.0 Å². The number of pyridine rings is 1. The number of aromatic nitrogens is 1. The first-order valence-electron chi connectivity index (χ1n) is 5.07. The van der Waals surface area contributed by atoms with Crippen LogP contribution >= 0.6 is 0 Å². The molecule has 0 fully saturated rings. The van der Waals surface area contributed by atoms with Crippen molar-refractivity contribution < 1.29 is 23.5 Å². The molecule has 7 heteroatoms. The Morgan fingerprint density at radius 2 is 2.06 bits per heavy atom. The molecule has 1 rings (SSSR count). The van der Waals surface area contributed by atoms with Crippen LogP contribution in [0.1, 0.15) is 30.6 Å². The number of nitrogens with one attached hydrogen (secondary N) is 1. The van der Waals surface area contributed by atoms with Crippen LogP contribution in [0.4, 0.5) is 8.78 Å². The summed E-state index contributed by atoms with van der Waals surface area (Å²) in [6.45, 7) is 2.93. The van der Waals surface area contributed by atoms with E-state index in [0.717, 1.165) is 12.3 Å². The van der Waals surface area contributed by atoms with Crippen molar-refractivity contribution in [3.63, 3.8) is 0 Å². The van der Waals surface area contributed by atoms with Gasteiger partial charge < -0.3 is 10.4 Å². The molecule has 0 aliphatic carbocycles. The van der Waals surface area contributed by atoms with Crippen molar-refractivity contribution in [1.82, 2.24) is 10.3 Å². The Bertz CT molecular complexity index is 489. The Labute approximate surface area is 102 Å². The molecule has 0 bridgehead atoms. The predicted octanol–water partition coefficient (Wildman–Crippen LogP) is 1.34. The number of hydrogen-bond acceptors (Lipinski definition) is 3. The first-order valence-corrected chi connectivity index (χ1v) is 5.07. The van der Waals surface area contributed by atoms with E-state index in [2.05, 4.69) is 10.3 Å². The van der Waals surface area contributed by atoms with E-state index in [-0.39, 0.29) is 6.42 Å². The number of hydrogen-bond donors (Lipinski definition) is 2. The fourth-order valence-corrected chi connectivity index (χ4v) is 1.39. The molecule has 0 radical (unpaired) electrons. The van der Waals surface area contributed by atoms with Gasteiger partial charge in [0.1, 0.15) is 0 Å². The molecule has 1 heterocycles. The topological polar surface area (TPSA) is 79.3 Å². The Hall–Kier alpha value is -2.05. The molecular weight excluding hydrogens is 246 g/mol. The first kappa shape index (κ1) is 14.0. The number of rotatable bonds is 4. The molecule has 2 N–H and O–H groups in total. The molecule has 1 amide bonds. The summed E-state index contributed by atoms with van der Waals surface area (Å²) in [7, 11) is 0. The van der Waals surface area contributed by atoms with Gasteiger partial charge in [-0.05, 0) is 19.9 Å². The molecule has 0 aliphatic heterocycles. The Balaban J connectivity index is 2.89. The van der Waals surface area contributed by atoms with Crippen molar-refractivity contribution in [2.75, 3.05) is 0 Å². The van der Waals surface area contributed by atoms with E-state index in [4.69, 9.17) is 5.11 Å². The lowest BCUT2D eigenvalue weighted by Gasteiger charge is -2.24. The van der Waals surface area contributed by atoms with E-state index in [1.807, 2.05) is 0 Å². The average molecular weight is 258 g/mol. The Kier molecular flexibility index (Phi) is 3.95. The second-order valence-corrected chi connectivity index (χ2v) is 4.37. The number of amides is 1. The van der Waals surface area contributed by atoms with E-state index in [1.165, 1.54) is 13.8 Å². The van der Waals surface area contributed by atoms with Gasteiger partial charge in [-0.1, -0.05) is 0 Å². The highest BCUT2D eigenvalue weighted by molar-refractivity contribution is 5.95. The molecular formula is C11H12F2N2O3. The van der Waals surface area contributed by atoms with E-state index in [1.54, 1.807) is 0 Å². The second kappa shape index (κ2) is 5.07. The largest absolute Gasteiger partial charge is 0.481 e. The Morgan fingerprint density at radius 3 is 2.61 bits per heavy atom. The van der Waals surface area contributed by atoms with Gasteiger partial charge in [-0.15, -0.1) is 0 Å². The molecule has 0 spiro atoms. The van der Waals surface area contributed by atoms with Crippen molar-refractivity contribution in [3.8, 4) is 0 Å². The van der Waals surface area contributed by atoms with Crippen molar-refractivity contribution >= 4 is 11.9 Å². The number of carbonyl (C=O) groups is 2. The molecule has 98 valence electrons. The number of halogens is 2. The monoisotopic (exact) mass is 258 g/mol. The molecule has 5 nitrogen and oxygen atoms in total. The summed E-state index contributed by atoms with van der Waals surface area (Å²) in [6, 6.07) is 1.02. The van der Waals surface area contributed by atoms with Crippen LogP contribution in [-0.4, -0.2) is 27.5 Å². The maximum atomic E-state index is 13.3. The van der Waals surface area contributed by atoms with Crippen LogP contribution in [-0.2, 0) is 4.79 Å². The summed E-state index contributed by atoms with van der Waals surface area (Å²) < 4.78 is 26.1. The summed E-state index contributed by atoms with van der Waals surface area (Å²) in [4.78, 5) is 25.3. The van der Waals surface area contributed by atoms with Gasteiger partial charge in [-0.25, -0.2) is 9.37 Å². The maximum Gasteiger partial charge on any atom is 0.305 e. The molecule has 0 unspecified atom stereocenters. The van der Waals surface area contributed by atoms with Crippen LogP contribution in [0.2, 0.25) is 0 Å². The van der Waals surface area contributed by atoms with Gasteiger partial charge >= 0.3 is 5.97 Å². The SMILES string of the molecule is CC(C)(CC(=O)O)NC(=O)c1ccnc(F)c1F. The zero-order valence-corrected chi connectivity index (χ0v) is 9.83. The second-order valence-electron chi connectivity index (χ2n) is 4.37. The molecule has 0 aromatic carbocycles. The lowest BCUT2D eigenvalue weighted by molar-refractivity contribution is -0.138. The molecule has 1 aromatic heterocycles. The highest BCUT2D eigenvalue weighted by Crippen LogP contribution is 2.13. The average Bonchev–Trinajstić information content (AvgIpc) is 2.18. The summed E-state index contributed by atoms with van der Waals surface area (Å²) in [5.74, 6) is -4.73. The Morgan fingerprint density at radius 1 is 1.44 bits per heavy atom. The van der Waals surface area contributed by atoms with Gasteiger partial charge in [0, 0.05) is 11.7 Å². The number of carbonyl (C=O) groups excluding carboxylic acids is 1. The van der Waals surface area contributed by atoms with Crippen molar-refractivity contribution in [2.45, 2.75) is 25.8 Å². The molecule has 0 aliphatic rings. The number of nitrogens with zero attached hydrogens (tertiary/aromatic N) is 1. The van der Waals surface area contributed by atoms with Crippen molar-refractivity contribution in [2.24, 2.45) is 0 Å². The number of carboxylic acids is 1. The fourth-order valence-electron chi connectivity index (χ4n) is 1.39. The molecule has 1 aromatic rings. The van der Waals surface area contributed by atoms with E-state index in [0.29, 0.717) is 0 Å². The van der Waals surface area contributed by atoms with Crippen LogP contribution in [0.15, 0.2) is 12.3 Å². The summed E-state index contributed by atoms with van der Waals surface area (Å²) in [5.41, 5.74) is -1.59. The predicted molar refractivity (Wildman–Crippen MR) is 58.0 cm³/mol. The van der Waals surface area contributed by atoms with Crippen molar-refractivity contribution in [3.05, 3.63) is 29.6 Å². The maximum absolute atomic E-state index is 13.3. The summed E-state index contributed by atoms with van der Waals surface area (Å²) in [6.07, 6.45) is 0.617. The molecule has 0 saturated carbocycles.